The Labute approximate surface area is 116 Å². The van der Waals surface area contributed by atoms with E-state index in [9.17, 15) is 4.79 Å². The topological polar surface area (TPSA) is 56.8 Å². The minimum absolute atomic E-state index is 0.240. The van der Waals surface area contributed by atoms with E-state index in [4.69, 9.17) is 9.47 Å². The van der Waals surface area contributed by atoms with Gasteiger partial charge in [-0.15, -0.1) is 0 Å². The molecule has 0 amide bonds. The predicted octanol–water partition coefficient (Wildman–Crippen LogP) is 1.53. The van der Waals surface area contributed by atoms with Crippen LogP contribution in [0.1, 0.15) is 26.2 Å². The van der Waals surface area contributed by atoms with Crippen molar-refractivity contribution in [3.05, 3.63) is 11.6 Å². The second-order valence-electron chi connectivity index (χ2n) is 4.09. The lowest BCUT2D eigenvalue weighted by Gasteiger charge is -2.05. The van der Waals surface area contributed by atoms with Gasteiger partial charge in [0.25, 0.3) is 0 Å². The average Bonchev–Trinajstić information content (AvgIpc) is 2.44. The van der Waals surface area contributed by atoms with E-state index >= 15 is 0 Å². The Bertz CT molecular complexity index is 254. The van der Waals surface area contributed by atoms with E-state index in [0.717, 1.165) is 31.6 Å². The summed E-state index contributed by atoms with van der Waals surface area (Å²) in [5.74, 6) is -0.240. The van der Waals surface area contributed by atoms with E-state index < -0.39 is 0 Å². The summed E-state index contributed by atoms with van der Waals surface area (Å²) in [5.41, 5.74) is 0.720. The highest BCUT2D eigenvalue weighted by atomic mass is 16.5. The molecule has 0 aliphatic rings. The molecular weight excluding hydrogens is 246 g/mol. The zero-order valence-electron chi connectivity index (χ0n) is 12.4. The molecule has 5 heteroatoms. The molecule has 0 aromatic carbocycles. The molecule has 0 bridgehead atoms. The Morgan fingerprint density at radius 1 is 1.16 bits per heavy atom. The molecule has 0 atom stereocenters. The second kappa shape index (κ2) is 13.5. The molecule has 112 valence electrons. The van der Waals surface area contributed by atoms with Crippen LogP contribution in [0.15, 0.2) is 11.6 Å². The van der Waals surface area contributed by atoms with Crippen LogP contribution in [-0.4, -0.2) is 53.1 Å². The molecule has 0 saturated heterocycles. The lowest BCUT2D eigenvalue weighted by atomic mass is 10.2. The number of carbonyl (C=O) groups is 1. The molecule has 0 aromatic rings. The number of methoxy groups -OCH3 is 2. The van der Waals surface area contributed by atoms with Gasteiger partial charge in [0.2, 0.25) is 0 Å². The Morgan fingerprint density at radius 2 is 1.95 bits per heavy atom. The molecular formula is C14H27NO4. The SMILES string of the molecule is CCC(=CCNCCCCOCCOC)C(=O)OC. The lowest BCUT2D eigenvalue weighted by molar-refractivity contribution is -0.136. The van der Waals surface area contributed by atoms with Crippen LogP contribution in [0.3, 0.4) is 0 Å². The number of esters is 1. The normalized spacial score (nSPS) is 11.6. The van der Waals surface area contributed by atoms with Crippen LogP contribution >= 0.6 is 0 Å². The third kappa shape index (κ3) is 10.7. The summed E-state index contributed by atoms with van der Waals surface area (Å²) in [6, 6.07) is 0. The van der Waals surface area contributed by atoms with Gasteiger partial charge in [-0.25, -0.2) is 4.79 Å². The van der Waals surface area contributed by atoms with Gasteiger partial charge in [0.1, 0.15) is 0 Å². The Kier molecular flexibility index (Phi) is 12.9. The number of hydrogen-bond donors (Lipinski definition) is 1. The first-order valence-corrected chi connectivity index (χ1v) is 6.81. The fourth-order valence-corrected chi connectivity index (χ4v) is 1.50. The van der Waals surface area contributed by atoms with Crippen molar-refractivity contribution >= 4 is 5.97 Å². The summed E-state index contributed by atoms with van der Waals surface area (Å²) in [6.45, 7) is 5.64. The second-order valence-corrected chi connectivity index (χ2v) is 4.09. The molecule has 0 radical (unpaired) electrons. The number of unbranched alkanes of at least 4 members (excludes halogenated alkanes) is 1. The third-order valence-electron chi connectivity index (χ3n) is 2.65. The van der Waals surface area contributed by atoms with Crippen molar-refractivity contribution < 1.29 is 19.0 Å². The van der Waals surface area contributed by atoms with Crippen LogP contribution < -0.4 is 5.32 Å². The van der Waals surface area contributed by atoms with Gasteiger partial charge in [-0.05, 0) is 25.8 Å². The number of rotatable bonds is 12. The summed E-state index contributed by atoms with van der Waals surface area (Å²) in [7, 11) is 3.07. The van der Waals surface area contributed by atoms with Crippen molar-refractivity contribution in [2.45, 2.75) is 26.2 Å². The van der Waals surface area contributed by atoms with E-state index in [1.807, 2.05) is 13.0 Å². The van der Waals surface area contributed by atoms with Crippen LogP contribution in [0.5, 0.6) is 0 Å². The molecule has 0 aliphatic heterocycles. The first-order chi connectivity index (χ1) is 9.26. The van der Waals surface area contributed by atoms with Crippen LogP contribution in [-0.2, 0) is 19.0 Å². The molecule has 1 N–H and O–H groups in total. The molecule has 19 heavy (non-hydrogen) atoms. The quantitative estimate of drug-likeness (QED) is 0.332. The van der Waals surface area contributed by atoms with Crippen molar-refractivity contribution in [2.24, 2.45) is 0 Å². The van der Waals surface area contributed by atoms with Gasteiger partial charge in [0, 0.05) is 25.8 Å². The van der Waals surface area contributed by atoms with E-state index in [1.165, 1.54) is 7.11 Å². The number of nitrogens with one attached hydrogen (secondary N) is 1. The molecule has 0 aliphatic carbocycles. The zero-order valence-corrected chi connectivity index (χ0v) is 12.4. The minimum Gasteiger partial charge on any atom is -0.466 e. The van der Waals surface area contributed by atoms with Crippen molar-refractivity contribution in [3.8, 4) is 0 Å². The molecule has 0 aromatic heterocycles. The van der Waals surface area contributed by atoms with Gasteiger partial charge in [0.15, 0.2) is 0 Å². The standard InChI is InChI=1S/C14H27NO4/c1-4-13(14(16)18-3)7-9-15-8-5-6-10-19-12-11-17-2/h7,15H,4-6,8-12H2,1-3H3. The fourth-order valence-electron chi connectivity index (χ4n) is 1.50. The minimum atomic E-state index is -0.240. The monoisotopic (exact) mass is 273 g/mol. The predicted molar refractivity (Wildman–Crippen MR) is 75.2 cm³/mol. The summed E-state index contributed by atoms with van der Waals surface area (Å²) in [4.78, 5) is 11.3. The van der Waals surface area contributed by atoms with Crippen LogP contribution in [0.2, 0.25) is 0 Å². The highest BCUT2D eigenvalue weighted by molar-refractivity contribution is 5.88. The highest BCUT2D eigenvalue weighted by Crippen LogP contribution is 2.01. The number of hydrogen-bond acceptors (Lipinski definition) is 5. The van der Waals surface area contributed by atoms with Crippen LogP contribution in [0.4, 0.5) is 0 Å². The van der Waals surface area contributed by atoms with Crippen LogP contribution in [0, 0.1) is 0 Å². The lowest BCUT2D eigenvalue weighted by Crippen LogP contribution is -2.17. The van der Waals surface area contributed by atoms with E-state index in [1.54, 1.807) is 7.11 Å². The van der Waals surface area contributed by atoms with Gasteiger partial charge in [-0.3, -0.25) is 0 Å². The molecule has 0 spiro atoms. The van der Waals surface area contributed by atoms with E-state index in [0.29, 0.717) is 26.2 Å². The number of ether oxygens (including phenoxy) is 3. The maximum absolute atomic E-state index is 11.3. The van der Waals surface area contributed by atoms with E-state index in [-0.39, 0.29) is 5.97 Å². The van der Waals surface area contributed by atoms with Gasteiger partial charge < -0.3 is 19.5 Å². The summed E-state index contributed by atoms with van der Waals surface area (Å²) < 4.78 is 14.9. The molecule has 0 rings (SSSR count). The first-order valence-electron chi connectivity index (χ1n) is 6.81. The van der Waals surface area contributed by atoms with Gasteiger partial charge in [0.05, 0.1) is 20.3 Å². The fraction of sp³-hybridized carbons (Fsp3) is 0.786. The molecule has 0 fully saturated rings. The van der Waals surface area contributed by atoms with Crippen molar-refractivity contribution in [3.63, 3.8) is 0 Å². The molecule has 5 nitrogen and oxygen atoms in total. The molecule has 0 heterocycles. The van der Waals surface area contributed by atoms with Crippen molar-refractivity contribution in [1.29, 1.82) is 0 Å². The summed E-state index contributed by atoms with van der Waals surface area (Å²) in [5, 5.41) is 3.27. The molecule has 0 unspecified atom stereocenters. The van der Waals surface area contributed by atoms with Crippen LogP contribution in [0.25, 0.3) is 0 Å². The summed E-state index contributed by atoms with van der Waals surface area (Å²) in [6.07, 6.45) is 4.67. The smallest absolute Gasteiger partial charge is 0.333 e. The number of carbonyl (C=O) groups excluding carboxylic acids is 1. The van der Waals surface area contributed by atoms with E-state index in [2.05, 4.69) is 10.1 Å². The van der Waals surface area contributed by atoms with Gasteiger partial charge >= 0.3 is 5.97 Å². The third-order valence-corrected chi connectivity index (χ3v) is 2.65. The maximum Gasteiger partial charge on any atom is 0.333 e. The Hall–Kier alpha value is -0.910. The maximum atomic E-state index is 11.3. The Morgan fingerprint density at radius 3 is 2.58 bits per heavy atom. The summed E-state index contributed by atoms with van der Waals surface area (Å²) >= 11 is 0. The van der Waals surface area contributed by atoms with Gasteiger partial charge in [-0.2, -0.15) is 0 Å². The molecule has 0 saturated carbocycles. The Balaban J connectivity index is 3.43. The van der Waals surface area contributed by atoms with Gasteiger partial charge in [-0.1, -0.05) is 13.0 Å². The largest absolute Gasteiger partial charge is 0.466 e. The van der Waals surface area contributed by atoms with Crippen molar-refractivity contribution in [1.82, 2.24) is 5.32 Å². The first kappa shape index (κ1) is 18.1. The van der Waals surface area contributed by atoms with Crippen molar-refractivity contribution in [2.75, 3.05) is 47.1 Å². The zero-order chi connectivity index (χ0) is 14.3. The highest BCUT2D eigenvalue weighted by Gasteiger charge is 2.05. The average molecular weight is 273 g/mol.